The van der Waals surface area contributed by atoms with Gasteiger partial charge in [0.1, 0.15) is 5.75 Å². The second-order valence-corrected chi connectivity index (χ2v) is 5.57. The van der Waals surface area contributed by atoms with Crippen molar-refractivity contribution < 1.29 is 9.90 Å². The first-order valence-corrected chi connectivity index (χ1v) is 7.07. The van der Waals surface area contributed by atoms with Crippen molar-refractivity contribution in [1.29, 1.82) is 0 Å². The van der Waals surface area contributed by atoms with Crippen LogP contribution in [0.1, 0.15) is 15.9 Å². The highest BCUT2D eigenvalue weighted by Crippen LogP contribution is 2.19. The molecular weight excluding hydrogens is 390 g/mol. The Bertz CT molecular complexity index is 674. The number of amides is 1. The van der Waals surface area contributed by atoms with E-state index >= 15 is 0 Å². The van der Waals surface area contributed by atoms with Crippen LogP contribution in [0, 0.1) is 0 Å². The second kappa shape index (κ2) is 6.62. The molecule has 2 rings (SSSR count). The van der Waals surface area contributed by atoms with E-state index in [-0.39, 0.29) is 11.7 Å². The minimum Gasteiger partial charge on any atom is -0.508 e. The highest BCUT2D eigenvalue weighted by molar-refractivity contribution is 9.10. The summed E-state index contributed by atoms with van der Waals surface area (Å²) in [6.07, 6.45) is 4.47. The first kappa shape index (κ1) is 14.7. The van der Waals surface area contributed by atoms with E-state index < -0.39 is 0 Å². The molecule has 2 aromatic rings. The fourth-order valence-corrected chi connectivity index (χ4v) is 2.10. The predicted molar refractivity (Wildman–Crippen MR) is 82.8 cm³/mol. The molecule has 1 amide bonds. The summed E-state index contributed by atoms with van der Waals surface area (Å²) < 4.78 is 1.47. The molecule has 0 fully saturated rings. The Morgan fingerprint density at radius 1 is 1.30 bits per heavy atom. The Kier molecular flexibility index (Phi) is 4.86. The van der Waals surface area contributed by atoms with Gasteiger partial charge in [-0.2, -0.15) is 5.10 Å². The summed E-state index contributed by atoms with van der Waals surface area (Å²) in [7, 11) is 0. The van der Waals surface area contributed by atoms with Gasteiger partial charge < -0.3 is 5.11 Å². The van der Waals surface area contributed by atoms with Crippen LogP contribution in [0.4, 0.5) is 0 Å². The van der Waals surface area contributed by atoms with Crippen molar-refractivity contribution in [2.45, 2.75) is 0 Å². The number of rotatable bonds is 3. The quantitative estimate of drug-likeness (QED) is 0.616. The summed E-state index contributed by atoms with van der Waals surface area (Å²) in [6.45, 7) is 0. The first-order chi connectivity index (χ1) is 9.56. The maximum absolute atomic E-state index is 11.8. The highest BCUT2D eigenvalue weighted by atomic mass is 79.9. The van der Waals surface area contributed by atoms with Crippen LogP contribution in [0.25, 0.3) is 0 Å². The van der Waals surface area contributed by atoms with Crippen molar-refractivity contribution in [1.82, 2.24) is 10.4 Å². The summed E-state index contributed by atoms with van der Waals surface area (Å²) >= 11 is 6.56. The van der Waals surface area contributed by atoms with Crippen LogP contribution in [0.3, 0.4) is 0 Å². The van der Waals surface area contributed by atoms with E-state index in [0.717, 1.165) is 4.47 Å². The van der Waals surface area contributed by atoms with Crippen LogP contribution in [-0.4, -0.2) is 22.2 Å². The monoisotopic (exact) mass is 397 g/mol. The highest BCUT2D eigenvalue weighted by Gasteiger charge is 2.05. The average molecular weight is 399 g/mol. The zero-order chi connectivity index (χ0) is 14.5. The van der Waals surface area contributed by atoms with E-state index in [9.17, 15) is 9.90 Å². The van der Waals surface area contributed by atoms with Gasteiger partial charge >= 0.3 is 0 Å². The Labute approximate surface area is 132 Å². The zero-order valence-electron chi connectivity index (χ0n) is 10.0. The molecule has 0 bridgehead atoms. The number of aromatic hydroxyl groups is 1. The Morgan fingerprint density at radius 2 is 2.10 bits per heavy atom. The molecule has 0 spiro atoms. The van der Waals surface area contributed by atoms with Gasteiger partial charge in [0, 0.05) is 26.9 Å². The molecule has 0 saturated heterocycles. The second-order valence-electron chi connectivity index (χ2n) is 3.80. The number of nitrogens with zero attached hydrogens (tertiary/aromatic N) is 2. The van der Waals surface area contributed by atoms with Crippen molar-refractivity contribution in [3.05, 3.63) is 56.7 Å². The molecule has 5 nitrogen and oxygen atoms in total. The fraction of sp³-hybridized carbons (Fsp3) is 0. The maximum Gasteiger partial charge on any atom is 0.272 e. The van der Waals surface area contributed by atoms with Gasteiger partial charge in [-0.3, -0.25) is 9.78 Å². The summed E-state index contributed by atoms with van der Waals surface area (Å²) in [5.74, 6) is -0.247. The van der Waals surface area contributed by atoms with Gasteiger partial charge in [-0.15, -0.1) is 0 Å². The molecule has 0 aliphatic carbocycles. The van der Waals surface area contributed by atoms with E-state index in [1.54, 1.807) is 24.4 Å². The summed E-state index contributed by atoms with van der Waals surface area (Å²) in [4.78, 5) is 15.7. The number of carbonyl (C=O) groups is 1. The molecule has 0 saturated carbocycles. The van der Waals surface area contributed by atoms with E-state index in [2.05, 4.69) is 47.4 Å². The first-order valence-electron chi connectivity index (χ1n) is 5.49. The number of hydrogen-bond acceptors (Lipinski definition) is 4. The summed E-state index contributed by atoms with van der Waals surface area (Å²) in [6, 6.07) is 6.41. The summed E-state index contributed by atoms with van der Waals surface area (Å²) in [5, 5.41) is 13.2. The minimum atomic E-state index is -0.369. The molecule has 1 aromatic carbocycles. The molecule has 1 aromatic heterocycles. The van der Waals surface area contributed by atoms with Crippen LogP contribution in [0.5, 0.6) is 5.75 Å². The maximum atomic E-state index is 11.8. The molecule has 0 aliphatic heterocycles. The lowest BCUT2D eigenvalue weighted by atomic mass is 10.2. The van der Waals surface area contributed by atoms with Gasteiger partial charge in [0.2, 0.25) is 0 Å². The average Bonchev–Trinajstić information content (AvgIpc) is 2.42. The van der Waals surface area contributed by atoms with Crippen molar-refractivity contribution >= 4 is 44.0 Å². The fourth-order valence-electron chi connectivity index (χ4n) is 1.39. The number of halogens is 2. The van der Waals surface area contributed by atoms with Crippen LogP contribution >= 0.6 is 31.9 Å². The van der Waals surface area contributed by atoms with Gasteiger partial charge in [-0.1, -0.05) is 15.9 Å². The number of phenolic OH excluding ortho intramolecular Hbond substituents is 1. The Balaban J connectivity index is 2.06. The van der Waals surface area contributed by atoms with Crippen molar-refractivity contribution in [3.8, 4) is 5.75 Å². The van der Waals surface area contributed by atoms with Gasteiger partial charge in [0.15, 0.2) is 0 Å². The number of carbonyl (C=O) groups excluding carboxylic acids is 1. The molecule has 1 heterocycles. The van der Waals surface area contributed by atoms with Crippen molar-refractivity contribution in [2.75, 3.05) is 0 Å². The van der Waals surface area contributed by atoms with Gasteiger partial charge in [-0.25, -0.2) is 5.43 Å². The Morgan fingerprint density at radius 3 is 2.85 bits per heavy atom. The van der Waals surface area contributed by atoms with Crippen LogP contribution < -0.4 is 5.43 Å². The standard InChI is InChI=1S/C13H9Br2N3O2/c14-10-3-9(5-16-7-10)13(20)18-17-6-8-4-11(19)1-2-12(8)15/h1-7,19H,(H,18,20). The molecule has 0 unspecified atom stereocenters. The van der Waals surface area contributed by atoms with E-state index in [0.29, 0.717) is 15.6 Å². The van der Waals surface area contributed by atoms with E-state index in [4.69, 9.17) is 0 Å². The smallest absolute Gasteiger partial charge is 0.272 e. The molecular formula is C13H9Br2N3O2. The van der Waals surface area contributed by atoms with Gasteiger partial charge in [-0.05, 0) is 40.2 Å². The number of hydrogen-bond donors (Lipinski definition) is 2. The topological polar surface area (TPSA) is 74.6 Å². The number of phenols is 1. The van der Waals surface area contributed by atoms with Gasteiger partial charge in [0.25, 0.3) is 5.91 Å². The number of pyridine rings is 1. The van der Waals surface area contributed by atoms with Crippen LogP contribution in [0.2, 0.25) is 0 Å². The molecule has 2 N–H and O–H groups in total. The number of nitrogens with one attached hydrogen (secondary N) is 1. The number of hydrazone groups is 1. The lowest BCUT2D eigenvalue weighted by Gasteiger charge is -2.01. The van der Waals surface area contributed by atoms with Crippen molar-refractivity contribution in [3.63, 3.8) is 0 Å². The minimum absolute atomic E-state index is 0.122. The zero-order valence-corrected chi connectivity index (χ0v) is 13.2. The third kappa shape index (κ3) is 3.88. The predicted octanol–water partition coefficient (Wildman–Crippen LogP) is 3.08. The lowest BCUT2D eigenvalue weighted by Crippen LogP contribution is -2.17. The van der Waals surface area contributed by atoms with Crippen molar-refractivity contribution in [2.24, 2.45) is 5.10 Å². The van der Waals surface area contributed by atoms with Crippen LogP contribution in [0.15, 0.2) is 50.7 Å². The SMILES string of the molecule is O=C(NN=Cc1cc(O)ccc1Br)c1cncc(Br)c1. The number of benzene rings is 1. The summed E-state index contributed by atoms with van der Waals surface area (Å²) in [5.41, 5.74) is 3.43. The Hall–Kier alpha value is -1.73. The number of aromatic nitrogens is 1. The van der Waals surface area contributed by atoms with Crippen LogP contribution in [-0.2, 0) is 0 Å². The molecule has 20 heavy (non-hydrogen) atoms. The van der Waals surface area contributed by atoms with E-state index in [1.807, 2.05) is 0 Å². The molecule has 0 atom stereocenters. The molecule has 102 valence electrons. The third-order valence-electron chi connectivity index (χ3n) is 2.32. The van der Waals surface area contributed by atoms with Gasteiger partial charge in [0.05, 0.1) is 11.8 Å². The largest absolute Gasteiger partial charge is 0.508 e. The lowest BCUT2D eigenvalue weighted by molar-refractivity contribution is 0.0954. The van der Waals surface area contributed by atoms with E-state index in [1.165, 1.54) is 18.5 Å². The molecule has 0 aliphatic rings. The molecule has 0 radical (unpaired) electrons. The third-order valence-corrected chi connectivity index (χ3v) is 3.47. The molecule has 7 heteroatoms. The normalized spacial score (nSPS) is 10.7.